The van der Waals surface area contributed by atoms with Gasteiger partial charge in [0, 0.05) is 29.6 Å². The predicted molar refractivity (Wildman–Crippen MR) is 132 cm³/mol. The molecule has 4 unspecified atom stereocenters. The summed E-state index contributed by atoms with van der Waals surface area (Å²) in [6, 6.07) is 0. The maximum atomic E-state index is 17.2. The molecule has 0 radical (unpaired) electrons. The van der Waals surface area contributed by atoms with E-state index in [0.29, 0.717) is 5.57 Å². The molecule has 12 atom stereocenters. The van der Waals surface area contributed by atoms with E-state index < -0.39 is 95.3 Å². The molecule has 0 aromatic rings. The first-order chi connectivity index (χ1) is 18.2. The minimum atomic E-state index is -2.29. The number of fused-ring (bicyclic) bond motifs is 5. The Morgan fingerprint density at radius 2 is 1.85 bits per heavy atom. The molecule has 0 aromatic carbocycles. The zero-order valence-corrected chi connectivity index (χ0v) is 22.2. The van der Waals surface area contributed by atoms with Crippen LogP contribution in [0.4, 0.5) is 4.39 Å². The van der Waals surface area contributed by atoms with E-state index in [9.17, 15) is 39.9 Å². The van der Waals surface area contributed by atoms with Crippen LogP contribution in [0, 0.1) is 28.6 Å². The highest BCUT2D eigenvalue weighted by Gasteiger charge is 2.75. The molecule has 10 nitrogen and oxygen atoms in total. The summed E-state index contributed by atoms with van der Waals surface area (Å²) in [6.45, 7) is 3.51. The number of ketones is 3. The van der Waals surface area contributed by atoms with Gasteiger partial charge < -0.3 is 35.0 Å². The number of alkyl halides is 1. The van der Waals surface area contributed by atoms with E-state index in [1.807, 2.05) is 6.08 Å². The fraction of sp³-hybridized carbons (Fsp3) is 0.750. The molecule has 1 heterocycles. The Kier molecular flexibility index (Phi) is 6.86. The van der Waals surface area contributed by atoms with Crippen molar-refractivity contribution < 1.29 is 53.8 Å². The molecule has 0 amide bonds. The number of rotatable bonds is 5. The Bertz CT molecular complexity index is 1140. The van der Waals surface area contributed by atoms with Gasteiger partial charge in [0.2, 0.25) is 0 Å². The van der Waals surface area contributed by atoms with Gasteiger partial charge in [0.25, 0.3) is 0 Å². The number of carbonyl (C=O) groups excluding carboxylic acids is 3. The number of aliphatic hydroxyl groups is 5. The molecule has 5 rings (SSSR count). The Morgan fingerprint density at radius 3 is 2.51 bits per heavy atom. The number of carbonyl (C=O) groups is 3. The lowest BCUT2D eigenvalue weighted by Crippen LogP contribution is -2.68. The summed E-state index contributed by atoms with van der Waals surface area (Å²) in [6.07, 6.45) is -3.03. The fourth-order valence-corrected chi connectivity index (χ4v) is 8.25. The standard InChI is InChI=1S/C28H37FO10/c1-13-8-17-16-5-4-14-9-15(31)6-7-25(14,2)27(16,29)19(32)10-26(17,3)28(13,37)20(33)12-38-24-23(36)22(35)21(34)18(11-30)39-24/h4,6-7,13,16-18,21-24,30,34-37H,5,8-12H2,1-3H3/t13-,16?,17?,18-,21+,22+,23-,24-,25?,26?,27+,28+/m1/s1. The molecular formula is C28H37FO10. The van der Waals surface area contributed by atoms with Gasteiger partial charge in [-0.1, -0.05) is 31.6 Å². The second kappa shape index (κ2) is 9.34. The molecule has 5 N–H and O–H groups in total. The molecule has 1 saturated heterocycles. The molecular weight excluding hydrogens is 515 g/mol. The molecule has 11 heteroatoms. The molecule has 3 fully saturated rings. The zero-order valence-electron chi connectivity index (χ0n) is 22.2. The van der Waals surface area contributed by atoms with Crippen LogP contribution in [0.1, 0.15) is 46.5 Å². The number of hydrogen-bond donors (Lipinski definition) is 5. The van der Waals surface area contributed by atoms with Gasteiger partial charge in [-0.05, 0) is 37.7 Å². The van der Waals surface area contributed by atoms with Gasteiger partial charge in [0.15, 0.2) is 29.3 Å². The summed E-state index contributed by atoms with van der Waals surface area (Å²) in [4.78, 5) is 39.4. The lowest BCUT2D eigenvalue weighted by molar-refractivity contribution is -0.300. The summed E-state index contributed by atoms with van der Waals surface area (Å²) in [5.41, 5.74) is -6.38. The van der Waals surface area contributed by atoms with Crippen molar-refractivity contribution in [3.05, 3.63) is 23.8 Å². The Morgan fingerprint density at radius 1 is 1.15 bits per heavy atom. The van der Waals surface area contributed by atoms with E-state index in [4.69, 9.17) is 9.47 Å². The number of halogens is 1. The topological polar surface area (TPSA) is 171 Å². The van der Waals surface area contributed by atoms with Gasteiger partial charge in [-0.2, -0.15) is 0 Å². The first kappa shape index (κ1) is 28.7. The summed E-state index contributed by atoms with van der Waals surface area (Å²) in [5, 5.41) is 51.6. The van der Waals surface area contributed by atoms with Crippen molar-refractivity contribution in [2.45, 2.75) is 88.4 Å². The quantitative estimate of drug-likeness (QED) is 0.291. The monoisotopic (exact) mass is 552 g/mol. The number of hydrogen-bond acceptors (Lipinski definition) is 10. The lowest BCUT2D eigenvalue weighted by Gasteiger charge is -2.59. The molecule has 216 valence electrons. The smallest absolute Gasteiger partial charge is 0.190 e. The summed E-state index contributed by atoms with van der Waals surface area (Å²) < 4.78 is 27.9. The number of ether oxygens (including phenoxy) is 2. The minimum absolute atomic E-state index is 0.0503. The normalized spacial score (nSPS) is 51.2. The third-order valence-electron chi connectivity index (χ3n) is 10.6. The first-order valence-corrected chi connectivity index (χ1v) is 13.5. The summed E-state index contributed by atoms with van der Waals surface area (Å²) in [5.74, 6) is -3.65. The molecule has 0 spiro atoms. The summed E-state index contributed by atoms with van der Waals surface area (Å²) in [7, 11) is 0. The van der Waals surface area contributed by atoms with Gasteiger partial charge in [-0.3, -0.25) is 14.4 Å². The van der Waals surface area contributed by atoms with Crippen molar-refractivity contribution >= 4 is 17.3 Å². The predicted octanol–water partition coefficient (Wildman–Crippen LogP) is -0.0719. The van der Waals surface area contributed by atoms with Crippen molar-refractivity contribution in [3.8, 4) is 0 Å². The molecule has 0 aromatic heterocycles. The van der Waals surface area contributed by atoms with Crippen LogP contribution in [-0.4, -0.2) is 98.1 Å². The SMILES string of the molecule is C[C@@H]1CC2C3CC=C4CC(=O)C=CC4(C)[C@@]3(F)C(=O)CC2(C)[C@@]1(O)C(=O)CO[C@@H]1O[C@H](CO)[C@H](O)[C@H](O)[C@H]1O. The highest BCUT2D eigenvalue weighted by Crippen LogP contribution is 2.69. The van der Waals surface area contributed by atoms with Crippen LogP contribution in [-0.2, 0) is 23.9 Å². The highest BCUT2D eigenvalue weighted by atomic mass is 19.1. The highest BCUT2D eigenvalue weighted by molar-refractivity contribution is 5.98. The first-order valence-electron chi connectivity index (χ1n) is 13.5. The largest absolute Gasteiger partial charge is 0.394 e. The average molecular weight is 553 g/mol. The van der Waals surface area contributed by atoms with E-state index in [-0.39, 0.29) is 31.5 Å². The van der Waals surface area contributed by atoms with Crippen molar-refractivity contribution in [2.75, 3.05) is 13.2 Å². The van der Waals surface area contributed by atoms with Gasteiger partial charge in [-0.25, -0.2) is 4.39 Å². The second-order valence-electron chi connectivity index (χ2n) is 12.4. The lowest BCUT2D eigenvalue weighted by atomic mass is 9.45. The molecule has 1 aliphatic heterocycles. The number of allylic oxidation sites excluding steroid dienone is 4. The fourth-order valence-electron chi connectivity index (χ4n) is 8.25. The van der Waals surface area contributed by atoms with Crippen LogP contribution < -0.4 is 0 Å². The van der Waals surface area contributed by atoms with Crippen molar-refractivity contribution in [3.63, 3.8) is 0 Å². The molecule has 0 bridgehead atoms. The van der Waals surface area contributed by atoms with E-state index in [2.05, 4.69) is 0 Å². The van der Waals surface area contributed by atoms with Crippen LogP contribution in [0.3, 0.4) is 0 Å². The van der Waals surface area contributed by atoms with E-state index in [1.54, 1.807) is 20.8 Å². The van der Waals surface area contributed by atoms with Gasteiger partial charge in [0.05, 0.1) is 6.61 Å². The molecule has 39 heavy (non-hydrogen) atoms. The van der Waals surface area contributed by atoms with Crippen LogP contribution in [0.2, 0.25) is 0 Å². The third-order valence-corrected chi connectivity index (χ3v) is 10.6. The van der Waals surface area contributed by atoms with Gasteiger partial charge in [0.1, 0.15) is 36.6 Å². The van der Waals surface area contributed by atoms with Crippen LogP contribution >= 0.6 is 0 Å². The van der Waals surface area contributed by atoms with Gasteiger partial charge in [-0.15, -0.1) is 0 Å². The van der Waals surface area contributed by atoms with Crippen molar-refractivity contribution in [2.24, 2.45) is 28.6 Å². The Labute approximate surface area is 225 Å². The number of Topliss-reactive ketones (excluding diaryl/α,β-unsaturated/α-hetero) is 2. The maximum absolute atomic E-state index is 17.2. The van der Waals surface area contributed by atoms with Gasteiger partial charge >= 0.3 is 0 Å². The van der Waals surface area contributed by atoms with E-state index >= 15 is 4.39 Å². The van der Waals surface area contributed by atoms with Crippen LogP contribution in [0.5, 0.6) is 0 Å². The van der Waals surface area contributed by atoms with Crippen molar-refractivity contribution in [1.29, 1.82) is 0 Å². The molecule has 5 aliphatic rings. The summed E-state index contributed by atoms with van der Waals surface area (Å²) >= 11 is 0. The number of aliphatic hydroxyl groups excluding tert-OH is 4. The minimum Gasteiger partial charge on any atom is -0.394 e. The molecule has 2 saturated carbocycles. The van der Waals surface area contributed by atoms with Crippen LogP contribution in [0.25, 0.3) is 0 Å². The maximum Gasteiger partial charge on any atom is 0.190 e. The van der Waals surface area contributed by atoms with Crippen LogP contribution in [0.15, 0.2) is 23.8 Å². The van der Waals surface area contributed by atoms with E-state index in [0.717, 1.165) is 0 Å². The van der Waals surface area contributed by atoms with Crippen molar-refractivity contribution in [1.82, 2.24) is 0 Å². The molecule has 4 aliphatic carbocycles. The Balaban J connectivity index is 1.41. The Hall–Kier alpha value is -1.86. The second-order valence-corrected chi connectivity index (χ2v) is 12.4. The zero-order chi connectivity index (χ0) is 28.7. The average Bonchev–Trinajstić information content (AvgIpc) is 3.09. The van der Waals surface area contributed by atoms with E-state index in [1.165, 1.54) is 12.2 Å². The third kappa shape index (κ3) is 3.67.